The minimum absolute atomic E-state index is 0.135. The third-order valence-electron chi connectivity index (χ3n) is 3.00. The normalized spacial score (nSPS) is 28.7. The van der Waals surface area contributed by atoms with Crippen molar-refractivity contribution in [2.75, 3.05) is 18.1 Å². The Labute approximate surface area is 110 Å². The van der Waals surface area contributed by atoms with Crippen molar-refractivity contribution >= 4 is 29.5 Å². The van der Waals surface area contributed by atoms with Crippen molar-refractivity contribution in [1.82, 2.24) is 16.0 Å². The van der Waals surface area contributed by atoms with Crippen LogP contribution in [0.15, 0.2) is 0 Å². The molecule has 3 N–H and O–H groups in total. The number of amides is 3. The van der Waals surface area contributed by atoms with E-state index >= 15 is 0 Å². The molecule has 2 saturated heterocycles. The van der Waals surface area contributed by atoms with E-state index in [9.17, 15) is 14.4 Å². The SMILES string of the molecule is O=C1CCC(NC(=O)CC2CSCCN2)C(=O)N1. The summed E-state index contributed by atoms with van der Waals surface area (Å²) in [6.45, 7) is 0.918. The number of thioether (sulfide) groups is 1. The predicted octanol–water partition coefficient (Wildman–Crippen LogP) is -0.997. The minimum Gasteiger partial charge on any atom is -0.344 e. The highest BCUT2D eigenvalue weighted by Crippen LogP contribution is 2.11. The van der Waals surface area contributed by atoms with Crippen molar-refractivity contribution in [3.63, 3.8) is 0 Å². The van der Waals surface area contributed by atoms with Gasteiger partial charge in [0.2, 0.25) is 17.7 Å². The second-order valence-corrected chi connectivity index (χ2v) is 5.65. The van der Waals surface area contributed by atoms with Crippen molar-refractivity contribution in [3.05, 3.63) is 0 Å². The standard InChI is InChI=1S/C11H17N3O3S/c15-9-2-1-8(11(17)14-9)13-10(16)5-7-6-18-4-3-12-7/h7-8,12H,1-6H2,(H,13,16)(H,14,15,17). The van der Waals surface area contributed by atoms with Gasteiger partial charge in [-0.1, -0.05) is 0 Å². The maximum atomic E-state index is 11.8. The highest BCUT2D eigenvalue weighted by Gasteiger charge is 2.28. The largest absolute Gasteiger partial charge is 0.344 e. The summed E-state index contributed by atoms with van der Waals surface area (Å²) in [7, 11) is 0. The van der Waals surface area contributed by atoms with Crippen LogP contribution < -0.4 is 16.0 Å². The van der Waals surface area contributed by atoms with Crippen molar-refractivity contribution in [2.45, 2.75) is 31.3 Å². The highest BCUT2D eigenvalue weighted by atomic mass is 32.2. The Morgan fingerprint density at radius 1 is 1.44 bits per heavy atom. The zero-order valence-electron chi connectivity index (χ0n) is 10.0. The third kappa shape index (κ3) is 3.71. The fraction of sp³-hybridized carbons (Fsp3) is 0.727. The summed E-state index contributed by atoms with van der Waals surface area (Å²) < 4.78 is 0. The molecule has 18 heavy (non-hydrogen) atoms. The second kappa shape index (κ2) is 6.19. The van der Waals surface area contributed by atoms with Gasteiger partial charge in [0.05, 0.1) is 0 Å². The van der Waals surface area contributed by atoms with Crippen LogP contribution in [-0.4, -0.2) is 47.9 Å². The monoisotopic (exact) mass is 271 g/mol. The van der Waals surface area contributed by atoms with Crippen LogP contribution in [0.25, 0.3) is 0 Å². The van der Waals surface area contributed by atoms with E-state index in [1.54, 1.807) is 0 Å². The number of hydrogen-bond acceptors (Lipinski definition) is 5. The fourth-order valence-electron chi connectivity index (χ4n) is 2.06. The molecule has 6 nitrogen and oxygen atoms in total. The van der Waals surface area contributed by atoms with Crippen molar-refractivity contribution < 1.29 is 14.4 Å². The molecular weight excluding hydrogens is 254 g/mol. The van der Waals surface area contributed by atoms with Gasteiger partial charge in [-0.05, 0) is 6.42 Å². The number of piperidine rings is 1. The van der Waals surface area contributed by atoms with Crippen LogP contribution in [0.5, 0.6) is 0 Å². The molecular formula is C11H17N3O3S. The van der Waals surface area contributed by atoms with E-state index in [2.05, 4.69) is 16.0 Å². The van der Waals surface area contributed by atoms with Crippen LogP contribution in [0.2, 0.25) is 0 Å². The predicted molar refractivity (Wildman–Crippen MR) is 68.0 cm³/mol. The first-order valence-electron chi connectivity index (χ1n) is 6.09. The lowest BCUT2D eigenvalue weighted by Gasteiger charge is -2.25. The lowest BCUT2D eigenvalue weighted by Crippen LogP contribution is -2.53. The van der Waals surface area contributed by atoms with Gasteiger partial charge in [0.25, 0.3) is 0 Å². The molecule has 100 valence electrons. The van der Waals surface area contributed by atoms with Crippen LogP contribution in [0, 0.1) is 0 Å². The summed E-state index contributed by atoms with van der Waals surface area (Å²) in [5.41, 5.74) is 0. The van der Waals surface area contributed by atoms with Gasteiger partial charge in [0, 0.05) is 36.9 Å². The lowest BCUT2D eigenvalue weighted by atomic mass is 10.1. The Hall–Kier alpha value is -1.08. The average Bonchev–Trinajstić information content (AvgIpc) is 2.34. The molecule has 0 bridgehead atoms. The van der Waals surface area contributed by atoms with E-state index in [-0.39, 0.29) is 24.3 Å². The molecule has 2 unspecified atom stereocenters. The number of imide groups is 1. The van der Waals surface area contributed by atoms with Crippen LogP contribution in [0.3, 0.4) is 0 Å². The third-order valence-corrected chi connectivity index (χ3v) is 4.14. The first-order valence-corrected chi connectivity index (χ1v) is 7.25. The van der Waals surface area contributed by atoms with Gasteiger partial charge < -0.3 is 10.6 Å². The Balaban J connectivity index is 1.76. The van der Waals surface area contributed by atoms with Gasteiger partial charge in [0.1, 0.15) is 6.04 Å². The molecule has 2 heterocycles. The Kier molecular flexibility index (Phi) is 4.60. The van der Waals surface area contributed by atoms with Gasteiger partial charge in [0.15, 0.2) is 0 Å². The molecule has 0 aromatic heterocycles. The molecule has 0 spiro atoms. The van der Waals surface area contributed by atoms with Crippen LogP contribution in [-0.2, 0) is 14.4 Å². The quantitative estimate of drug-likeness (QED) is 0.573. The molecule has 2 rings (SSSR count). The highest BCUT2D eigenvalue weighted by molar-refractivity contribution is 7.99. The van der Waals surface area contributed by atoms with E-state index in [1.165, 1.54) is 0 Å². The van der Waals surface area contributed by atoms with E-state index in [0.717, 1.165) is 18.1 Å². The molecule has 2 aliphatic rings. The summed E-state index contributed by atoms with van der Waals surface area (Å²) >= 11 is 1.83. The van der Waals surface area contributed by atoms with Crippen LogP contribution >= 0.6 is 11.8 Å². The molecule has 2 aliphatic heterocycles. The lowest BCUT2D eigenvalue weighted by molar-refractivity contribution is -0.137. The second-order valence-electron chi connectivity index (χ2n) is 4.50. The van der Waals surface area contributed by atoms with Crippen LogP contribution in [0.1, 0.15) is 19.3 Å². The van der Waals surface area contributed by atoms with Gasteiger partial charge in [-0.3, -0.25) is 19.7 Å². The number of hydrogen-bond donors (Lipinski definition) is 3. The average molecular weight is 271 g/mol. The van der Waals surface area contributed by atoms with Crippen molar-refractivity contribution in [3.8, 4) is 0 Å². The van der Waals surface area contributed by atoms with E-state index in [4.69, 9.17) is 0 Å². The maximum absolute atomic E-state index is 11.8. The molecule has 2 fully saturated rings. The van der Waals surface area contributed by atoms with Gasteiger partial charge in [-0.25, -0.2) is 0 Å². The van der Waals surface area contributed by atoms with E-state index in [0.29, 0.717) is 12.8 Å². The summed E-state index contributed by atoms with van der Waals surface area (Å²) in [6.07, 6.45) is 1.06. The minimum atomic E-state index is -0.563. The Bertz CT molecular complexity index is 355. The molecule has 0 aliphatic carbocycles. The maximum Gasteiger partial charge on any atom is 0.249 e. The van der Waals surface area contributed by atoms with E-state index in [1.807, 2.05) is 11.8 Å². The summed E-state index contributed by atoms with van der Waals surface area (Å²) in [6, 6.07) is -0.386. The fourth-order valence-corrected chi connectivity index (χ4v) is 3.01. The molecule has 2 atom stereocenters. The number of carbonyl (C=O) groups is 3. The van der Waals surface area contributed by atoms with Gasteiger partial charge in [-0.15, -0.1) is 0 Å². The Morgan fingerprint density at radius 2 is 2.28 bits per heavy atom. The molecule has 7 heteroatoms. The molecule has 0 aromatic rings. The smallest absolute Gasteiger partial charge is 0.249 e. The zero-order valence-corrected chi connectivity index (χ0v) is 10.8. The summed E-state index contributed by atoms with van der Waals surface area (Å²) in [5.74, 6) is 1.19. The topological polar surface area (TPSA) is 87.3 Å². The Morgan fingerprint density at radius 3 is 2.94 bits per heavy atom. The first-order chi connectivity index (χ1) is 8.65. The number of rotatable bonds is 3. The molecule has 3 amide bonds. The zero-order chi connectivity index (χ0) is 13.0. The van der Waals surface area contributed by atoms with Crippen molar-refractivity contribution in [1.29, 1.82) is 0 Å². The van der Waals surface area contributed by atoms with Crippen LogP contribution in [0.4, 0.5) is 0 Å². The van der Waals surface area contributed by atoms with Gasteiger partial charge >= 0.3 is 0 Å². The molecule has 0 radical (unpaired) electrons. The van der Waals surface area contributed by atoms with Crippen molar-refractivity contribution in [2.24, 2.45) is 0 Å². The summed E-state index contributed by atoms with van der Waals surface area (Å²) in [4.78, 5) is 34.2. The first kappa shape index (κ1) is 13.4. The summed E-state index contributed by atoms with van der Waals surface area (Å²) in [5, 5.41) is 8.18. The molecule has 0 aromatic carbocycles. The van der Waals surface area contributed by atoms with Gasteiger partial charge in [-0.2, -0.15) is 11.8 Å². The number of carbonyl (C=O) groups excluding carboxylic acids is 3. The molecule has 0 saturated carbocycles. The number of nitrogens with one attached hydrogen (secondary N) is 3. The van der Waals surface area contributed by atoms with E-state index < -0.39 is 11.9 Å².